The SMILES string of the molecule is COc1ccc(/C=C(/C#N)C(=O)NCc2ccc3c(c2)OCO3)cc1[N+](=O)[O-]. The first-order valence-corrected chi connectivity index (χ1v) is 8.12. The van der Waals surface area contributed by atoms with Crippen molar-refractivity contribution in [2.75, 3.05) is 13.9 Å². The van der Waals surface area contributed by atoms with Crippen molar-refractivity contribution in [2.24, 2.45) is 0 Å². The van der Waals surface area contributed by atoms with Crippen molar-refractivity contribution >= 4 is 17.7 Å². The van der Waals surface area contributed by atoms with Gasteiger partial charge in [0.25, 0.3) is 5.91 Å². The number of rotatable bonds is 6. The molecular weight excluding hydrogens is 366 g/mol. The molecule has 0 fully saturated rings. The van der Waals surface area contributed by atoms with Gasteiger partial charge in [0, 0.05) is 12.6 Å². The molecule has 0 spiro atoms. The van der Waals surface area contributed by atoms with Gasteiger partial charge in [-0.15, -0.1) is 0 Å². The summed E-state index contributed by atoms with van der Waals surface area (Å²) in [6.45, 7) is 0.331. The van der Waals surface area contributed by atoms with E-state index in [9.17, 15) is 20.2 Å². The van der Waals surface area contributed by atoms with E-state index in [0.717, 1.165) is 5.56 Å². The number of carbonyl (C=O) groups excluding carboxylic acids is 1. The van der Waals surface area contributed by atoms with E-state index in [1.54, 1.807) is 18.2 Å². The number of nitro benzene ring substituents is 1. The van der Waals surface area contributed by atoms with Gasteiger partial charge in [-0.25, -0.2) is 0 Å². The van der Waals surface area contributed by atoms with E-state index < -0.39 is 10.8 Å². The van der Waals surface area contributed by atoms with E-state index in [1.165, 1.54) is 31.4 Å². The van der Waals surface area contributed by atoms with Crippen molar-refractivity contribution < 1.29 is 23.9 Å². The van der Waals surface area contributed by atoms with Crippen LogP contribution in [0.25, 0.3) is 6.08 Å². The Morgan fingerprint density at radius 1 is 1.32 bits per heavy atom. The molecule has 1 aliphatic rings. The fourth-order valence-electron chi connectivity index (χ4n) is 2.58. The second-order valence-corrected chi connectivity index (χ2v) is 5.73. The van der Waals surface area contributed by atoms with Gasteiger partial charge in [0.15, 0.2) is 17.2 Å². The fourth-order valence-corrected chi connectivity index (χ4v) is 2.58. The predicted molar refractivity (Wildman–Crippen MR) is 97.7 cm³/mol. The Bertz CT molecular complexity index is 1010. The number of hydrogen-bond acceptors (Lipinski definition) is 7. The van der Waals surface area contributed by atoms with Gasteiger partial charge in [0.1, 0.15) is 11.6 Å². The lowest BCUT2D eigenvalue weighted by Gasteiger charge is -2.06. The zero-order valence-electron chi connectivity index (χ0n) is 14.8. The quantitative estimate of drug-likeness (QED) is 0.353. The Labute approximate surface area is 159 Å². The minimum Gasteiger partial charge on any atom is -0.490 e. The maximum Gasteiger partial charge on any atom is 0.311 e. The summed E-state index contributed by atoms with van der Waals surface area (Å²) >= 11 is 0. The smallest absolute Gasteiger partial charge is 0.311 e. The number of hydrogen-bond donors (Lipinski definition) is 1. The predicted octanol–water partition coefficient (Wildman–Crippen LogP) is 2.56. The van der Waals surface area contributed by atoms with Crippen LogP contribution in [-0.2, 0) is 11.3 Å². The van der Waals surface area contributed by atoms with Gasteiger partial charge in [0.2, 0.25) is 6.79 Å². The van der Waals surface area contributed by atoms with Crippen LogP contribution in [0.3, 0.4) is 0 Å². The van der Waals surface area contributed by atoms with Crippen LogP contribution in [0, 0.1) is 21.4 Å². The third-order valence-corrected chi connectivity index (χ3v) is 3.97. The van der Waals surface area contributed by atoms with Crippen LogP contribution in [0.15, 0.2) is 42.0 Å². The highest BCUT2D eigenvalue weighted by Gasteiger charge is 2.17. The lowest BCUT2D eigenvalue weighted by molar-refractivity contribution is -0.385. The third-order valence-electron chi connectivity index (χ3n) is 3.97. The Kier molecular flexibility index (Phi) is 5.41. The number of nitriles is 1. The van der Waals surface area contributed by atoms with Gasteiger partial charge in [-0.2, -0.15) is 5.26 Å². The molecule has 0 saturated carbocycles. The Balaban J connectivity index is 1.73. The van der Waals surface area contributed by atoms with E-state index >= 15 is 0 Å². The molecule has 1 aliphatic heterocycles. The lowest BCUT2D eigenvalue weighted by Crippen LogP contribution is -2.23. The van der Waals surface area contributed by atoms with Gasteiger partial charge >= 0.3 is 5.69 Å². The summed E-state index contributed by atoms with van der Waals surface area (Å²) in [5.74, 6) is 0.716. The zero-order chi connectivity index (χ0) is 20.1. The van der Waals surface area contributed by atoms with E-state index in [2.05, 4.69) is 5.32 Å². The number of methoxy groups -OCH3 is 1. The average molecular weight is 381 g/mol. The monoisotopic (exact) mass is 381 g/mol. The summed E-state index contributed by atoms with van der Waals surface area (Å²) in [5.41, 5.74) is 0.673. The van der Waals surface area contributed by atoms with E-state index in [0.29, 0.717) is 17.1 Å². The van der Waals surface area contributed by atoms with Crippen molar-refractivity contribution in [3.8, 4) is 23.3 Å². The molecule has 0 aromatic heterocycles. The Morgan fingerprint density at radius 3 is 2.82 bits per heavy atom. The number of carbonyl (C=O) groups is 1. The lowest BCUT2D eigenvalue weighted by atomic mass is 10.1. The topological polar surface area (TPSA) is 124 Å². The molecule has 0 bridgehead atoms. The highest BCUT2D eigenvalue weighted by Crippen LogP contribution is 2.32. The maximum absolute atomic E-state index is 12.3. The first-order chi connectivity index (χ1) is 13.5. The summed E-state index contributed by atoms with van der Waals surface area (Å²) in [6, 6.07) is 11.2. The average Bonchev–Trinajstić information content (AvgIpc) is 3.17. The standard InChI is InChI=1S/C19H15N3O6/c1-26-16-4-2-12(7-15(16)22(24)25)6-14(9-20)19(23)21-10-13-3-5-17-18(8-13)28-11-27-17/h2-8H,10-11H2,1H3,(H,21,23)/b14-6-. The van der Waals surface area contributed by atoms with Gasteiger partial charge in [-0.05, 0) is 35.4 Å². The van der Waals surface area contributed by atoms with Crippen molar-refractivity contribution in [1.82, 2.24) is 5.32 Å². The minimum absolute atomic E-state index is 0.0907. The summed E-state index contributed by atoms with van der Waals surface area (Å²) in [7, 11) is 1.32. The summed E-state index contributed by atoms with van der Waals surface area (Å²) in [5, 5.41) is 23.0. The normalized spacial score (nSPS) is 12.2. The van der Waals surface area contributed by atoms with Crippen LogP contribution in [0.5, 0.6) is 17.2 Å². The van der Waals surface area contributed by atoms with Gasteiger partial charge < -0.3 is 19.5 Å². The number of ether oxygens (including phenoxy) is 3. The second-order valence-electron chi connectivity index (χ2n) is 5.73. The molecule has 0 atom stereocenters. The Hall–Kier alpha value is -4.06. The molecule has 2 aromatic carbocycles. The molecular formula is C19H15N3O6. The van der Waals surface area contributed by atoms with E-state index in [1.807, 2.05) is 6.07 Å². The van der Waals surface area contributed by atoms with E-state index in [4.69, 9.17) is 14.2 Å². The van der Waals surface area contributed by atoms with Crippen LogP contribution in [0.2, 0.25) is 0 Å². The number of nitrogens with one attached hydrogen (secondary N) is 1. The highest BCUT2D eigenvalue weighted by atomic mass is 16.7. The molecule has 142 valence electrons. The first kappa shape index (κ1) is 18.7. The molecule has 2 aromatic rings. The Morgan fingerprint density at radius 2 is 2.11 bits per heavy atom. The van der Waals surface area contributed by atoms with Crippen molar-refractivity contribution in [3.63, 3.8) is 0 Å². The van der Waals surface area contributed by atoms with Crippen molar-refractivity contribution in [2.45, 2.75) is 6.54 Å². The molecule has 0 unspecified atom stereocenters. The first-order valence-electron chi connectivity index (χ1n) is 8.12. The number of nitro groups is 1. The summed E-state index contributed by atoms with van der Waals surface area (Å²) in [4.78, 5) is 22.8. The number of amides is 1. The van der Waals surface area contributed by atoms with Crippen molar-refractivity contribution in [1.29, 1.82) is 5.26 Å². The van der Waals surface area contributed by atoms with Gasteiger partial charge in [-0.1, -0.05) is 12.1 Å². The molecule has 1 heterocycles. The molecule has 0 aliphatic carbocycles. The molecule has 3 rings (SSSR count). The number of benzene rings is 2. The van der Waals surface area contributed by atoms with Crippen LogP contribution < -0.4 is 19.5 Å². The summed E-state index contributed by atoms with van der Waals surface area (Å²) in [6.07, 6.45) is 1.28. The van der Waals surface area contributed by atoms with Crippen LogP contribution in [0.1, 0.15) is 11.1 Å². The third kappa shape index (κ3) is 4.02. The zero-order valence-corrected chi connectivity index (χ0v) is 14.8. The van der Waals surface area contributed by atoms with Gasteiger partial charge in [-0.3, -0.25) is 14.9 Å². The fraction of sp³-hybridized carbons (Fsp3) is 0.158. The minimum atomic E-state index is -0.598. The molecule has 9 nitrogen and oxygen atoms in total. The molecule has 1 amide bonds. The van der Waals surface area contributed by atoms with Crippen molar-refractivity contribution in [3.05, 3.63) is 63.2 Å². The summed E-state index contributed by atoms with van der Waals surface area (Å²) < 4.78 is 15.4. The molecule has 9 heteroatoms. The van der Waals surface area contributed by atoms with Crippen LogP contribution in [0.4, 0.5) is 5.69 Å². The second kappa shape index (κ2) is 8.09. The number of nitrogens with zero attached hydrogens (tertiary/aromatic N) is 2. The molecule has 0 saturated heterocycles. The maximum atomic E-state index is 12.3. The van der Waals surface area contributed by atoms with Crippen LogP contribution >= 0.6 is 0 Å². The molecule has 1 N–H and O–H groups in total. The highest BCUT2D eigenvalue weighted by molar-refractivity contribution is 6.01. The van der Waals surface area contributed by atoms with Gasteiger partial charge in [0.05, 0.1) is 12.0 Å². The molecule has 0 radical (unpaired) electrons. The molecule has 28 heavy (non-hydrogen) atoms. The largest absolute Gasteiger partial charge is 0.490 e. The van der Waals surface area contributed by atoms with E-state index in [-0.39, 0.29) is 30.3 Å². The number of fused-ring (bicyclic) bond motifs is 1. The van der Waals surface area contributed by atoms with Crippen LogP contribution in [-0.4, -0.2) is 24.7 Å².